The fourth-order valence-corrected chi connectivity index (χ4v) is 2.86. The van der Waals surface area contributed by atoms with Gasteiger partial charge < -0.3 is 34.4 Å². The Labute approximate surface area is 182 Å². The van der Waals surface area contributed by atoms with E-state index in [0.29, 0.717) is 12.3 Å². The summed E-state index contributed by atoms with van der Waals surface area (Å²) in [6.07, 6.45) is 3.24. The van der Waals surface area contributed by atoms with Gasteiger partial charge in [-0.1, -0.05) is 34.6 Å². The van der Waals surface area contributed by atoms with Crippen LogP contribution in [0.15, 0.2) is 12.1 Å². The highest BCUT2D eigenvalue weighted by Crippen LogP contribution is 2.38. The van der Waals surface area contributed by atoms with Gasteiger partial charge in [0, 0.05) is 20.2 Å². The second kappa shape index (κ2) is 16.7. The number of anilines is 2. The number of benzene rings is 1. The first-order valence-corrected chi connectivity index (χ1v) is 10.3. The predicted molar refractivity (Wildman–Crippen MR) is 125 cm³/mol. The number of nitrogens with zero attached hydrogens (tertiary/aromatic N) is 1. The molecule has 2 rings (SSSR count). The SMILES string of the molecule is C=O.C=O.CC.COc1c(N)cc(C(C)(C)C)cc1N(C)CCOC1CCCCO1. The Morgan fingerprint density at radius 2 is 1.77 bits per heavy atom. The van der Waals surface area contributed by atoms with Crippen LogP contribution in [0.3, 0.4) is 0 Å². The second-order valence-corrected chi connectivity index (χ2v) is 7.46. The number of hydrogen-bond donors (Lipinski definition) is 1. The quantitative estimate of drug-likeness (QED) is 0.681. The van der Waals surface area contributed by atoms with E-state index < -0.39 is 0 Å². The van der Waals surface area contributed by atoms with Gasteiger partial charge in [0.05, 0.1) is 25.1 Å². The maximum atomic E-state index is 8.00. The van der Waals surface area contributed by atoms with Crippen LogP contribution in [0.2, 0.25) is 0 Å². The summed E-state index contributed by atoms with van der Waals surface area (Å²) in [7, 11) is 3.70. The Morgan fingerprint density at radius 1 is 1.17 bits per heavy atom. The summed E-state index contributed by atoms with van der Waals surface area (Å²) >= 11 is 0. The summed E-state index contributed by atoms with van der Waals surface area (Å²) in [5.41, 5.74) is 9.10. The van der Waals surface area contributed by atoms with Crippen LogP contribution in [0.25, 0.3) is 0 Å². The van der Waals surface area contributed by atoms with Crippen molar-refractivity contribution < 1.29 is 23.8 Å². The molecule has 0 spiro atoms. The van der Waals surface area contributed by atoms with Gasteiger partial charge in [-0.05, 0) is 42.4 Å². The van der Waals surface area contributed by atoms with E-state index in [1.54, 1.807) is 7.11 Å². The first kappa shape index (κ1) is 30.1. The van der Waals surface area contributed by atoms with Crippen LogP contribution < -0.4 is 15.4 Å². The standard InChI is InChI=1S/C19H32N2O3.C2H6.2CH2O/c1-19(2,3)14-12-15(20)18(22-5)16(13-14)21(4)9-11-24-17-8-6-7-10-23-17;3*1-2/h12-13,17H,6-11,20H2,1-5H3;1-2H3;2*1H2. The summed E-state index contributed by atoms with van der Waals surface area (Å²) in [4.78, 5) is 18.1. The number of nitrogens with two attached hydrogens (primary N) is 1. The van der Waals surface area contributed by atoms with E-state index in [4.69, 9.17) is 29.5 Å². The maximum absolute atomic E-state index is 8.00. The zero-order chi connectivity index (χ0) is 23.7. The molecule has 0 aliphatic carbocycles. The van der Waals surface area contributed by atoms with Gasteiger partial charge in [-0.2, -0.15) is 0 Å². The van der Waals surface area contributed by atoms with Crippen molar-refractivity contribution in [1.29, 1.82) is 0 Å². The van der Waals surface area contributed by atoms with Crippen LogP contribution in [-0.4, -0.2) is 53.8 Å². The lowest BCUT2D eigenvalue weighted by atomic mass is 9.86. The topological polar surface area (TPSA) is 91.1 Å². The number of rotatable bonds is 6. The zero-order valence-corrected chi connectivity index (χ0v) is 20.0. The van der Waals surface area contributed by atoms with E-state index in [-0.39, 0.29) is 11.7 Å². The average molecular weight is 427 g/mol. The molecule has 7 heteroatoms. The number of ether oxygens (including phenoxy) is 3. The Kier molecular flexibility index (Phi) is 16.7. The molecule has 1 fully saturated rings. The highest BCUT2D eigenvalue weighted by atomic mass is 16.7. The molecular weight excluding hydrogens is 384 g/mol. The predicted octanol–water partition coefficient (Wildman–Crippen LogP) is 4.21. The largest absolute Gasteiger partial charge is 0.492 e. The Hall–Kier alpha value is -2.12. The second-order valence-electron chi connectivity index (χ2n) is 7.46. The Morgan fingerprint density at radius 3 is 2.23 bits per heavy atom. The molecule has 1 unspecified atom stereocenters. The van der Waals surface area contributed by atoms with Crippen molar-refractivity contribution in [3.63, 3.8) is 0 Å². The monoisotopic (exact) mass is 426 g/mol. The van der Waals surface area contributed by atoms with Gasteiger partial charge in [0.1, 0.15) is 13.6 Å². The number of carbonyl (C=O) groups is 2. The number of likely N-dealkylation sites (N-methyl/N-ethyl adjacent to an activating group) is 1. The van der Waals surface area contributed by atoms with Crippen LogP contribution in [0, 0.1) is 0 Å². The third kappa shape index (κ3) is 10.1. The summed E-state index contributed by atoms with van der Waals surface area (Å²) < 4.78 is 17.0. The lowest BCUT2D eigenvalue weighted by Crippen LogP contribution is -2.29. The smallest absolute Gasteiger partial charge is 0.165 e. The van der Waals surface area contributed by atoms with E-state index in [0.717, 1.165) is 37.4 Å². The van der Waals surface area contributed by atoms with Crippen LogP contribution >= 0.6 is 0 Å². The molecule has 0 radical (unpaired) electrons. The number of methoxy groups -OCH3 is 1. The van der Waals surface area contributed by atoms with Gasteiger partial charge >= 0.3 is 0 Å². The summed E-state index contributed by atoms with van der Waals surface area (Å²) in [5, 5.41) is 0. The minimum Gasteiger partial charge on any atom is -0.492 e. The van der Waals surface area contributed by atoms with Gasteiger partial charge in [0.15, 0.2) is 12.0 Å². The molecule has 1 aromatic rings. The minimum absolute atomic E-state index is 0.0302. The summed E-state index contributed by atoms with van der Waals surface area (Å²) in [6, 6.07) is 4.16. The lowest BCUT2D eigenvalue weighted by Gasteiger charge is -2.28. The molecule has 0 amide bonds. The van der Waals surface area contributed by atoms with Gasteiger partial charge in [-0.15, -0.1) is 0 Å². The highest BCUT2D eigenvalue weighted by Gasteiger charge is 2.20. The third-order valence-electron chi connectivity index (χ3n) is 4.45. The normalized spacial score (nSPS) is 15.2. The van der Waals surface area contributed by atoms with Gasteiger partial charge in [-0.3, -0.25) is 0 Å². The number of carbonyl (C=O) groups excluding carboxylic acids is 2. The fraction of sp³-hybridized carbons (Fsp3) is 0.652. The van der Waals surface area contributed by atoms with Crippen LogP contribution in [0.5, 0.6) is 5.75 Å². The number of nitrogen functional groups attached to an aromatic ring is 1. The molecular formula is C23H42N2O5. The van der Waals surface area contributed by atoms with Gasteiger partial charge in [0.2, 0.25) is 0 Å². The molecule has 0 bridgehead atoms. The highest BCUT2D eigenvalue weighted by molar-refractivity contribution is 5.72. The van der Waals surface area contributed by atoms with Gasteiger partial charge in [-0.25, -0.2) is 0 Å². The molecule has 1 aliphatic heterocycles. The van der Waals surface area contributed by atoms with Crippen LogP contribution in [-0.2, 0) is 24.5 Å². The van der Waals surface area contributed by atoms with Crippen molar-refractivity contribution in [3.05, 3.63) is 17.7 Å². The Balaban J connectivity index is 0. The molecule has 2 N–H and O–H groups in total. The molecule has 1 saturated heterocycles. The van der Waals surface area contributed by atoms with Crippen molar-refractivity contribution in [2.75, 3.05) is 44.5 Å². The molecule has 1 aliphatic rings. The zero-order valence-electron chi connectivity index (χ0n) is 20.0. The molecule has 1 aromatic carbocycles. The molecule has 30 heavy (non-hydrogen) atoms. The average Bonchev–Trinajstić information content (AvgIpc) is 2.77. The van der Waals surface area contributed by atoms with E-state index in [2.05, 4.69) is 31.7 Å². The lowest BCUT2D eigenvalue weighted by molar-refractivity contribution is -0.160. The van der Waals surface area contributed by atoms with E-state index >= 15 is 0 Å². The molecule has 0 aromatic heterocycles. The van der Waals surface area contributed by atoms with E-state index in [9.17, 15) is 0 Å². The molecule has 0 saturated carbocycles. The molecule has 1 atom stereocenters. The first-order valence-electron chi connectivity index (χ1n) is 10.3. The van der Waals surface area contributed by atoms with Crippen molar-refractivity contribution >= 4 is 25.0 Å². The van der Waals surface area contributed by atoms with Crippen molar-refractivity contribution in [2.24, 2.45) is 0 Å². The number of hydrogen-bond acceptors (Lipinski definition) is 7. The third-order valence-corrected chi connectivity index (χ3v) is 4.45. The maximum Gasteiger partial charge on any atom is 0.165 e. The van der Waals surface area contributed by atoms with Gasteiger partial charge in [0.25, 0.3) is 0 Å². The molecule has 7 nitrogen and oxygen atoms in total. The van der Waals surface area contributed by atoms with Crippen molar-refractivity contribution in [3.8, 4) is 5.75 Å². The van der Waals surface area contributed by atoms with Crippen molar-refractivity contribution in [2.45, 2.75) is 65.6 Å². The fourth-order valence-electron chi connectivity index (χ4n) is 2.86. The van der Waals surface area contributed by atoms with Crippen LogP contribution in [0.1, 0.15) is 59.4 Å². The first-order chi connectivity index (χ1) is 14.3. The summed E-state index contributed by atoms with van der Waals surface area (Å²) in [6.45, 7) is 16.7. The van der Waals surface area contributed by atoms with E-state index in [1.165, 1.54) is 12.0 Å². The summed E-state index contributed by atoms with van der Waals surface area (Å²) in [5.74, 6) is 0.722. The van der Waals surface area contributed by atoms with E-state index in [1.807, 2.05) is 40.5 Å². The molecule has 174 valence electrons. The molecule has 1 heterocycles. The Bertz CT molecular complexity index is 567. The van der Waals surface area contributed by atoms with Crippen LogP contribution in [0.4, 0.5) is 11.4 Å². The minimum atomic E-state index is -0.0555. The van der Waals surface area contributed by atoms with Crippen molar-refractivity contribution in [1.82, 2.24) is 0 Å².